The third kappa shape index (κ3) is 12.2. The minimum Gasteiger partial charge on any atom is -0.478 e. The number of nitrogens with zero attached hydrogens (tertiary/aromatic N) is 16. The van der Waals surface area contributed by atoms with Crippen LogP contribution in [0.25, 0.3) is 22.3 Å². The number of fused-ring (bicyclic) bond motifs is 4. The lowest BCUT2D eigenvalue weighted by molar-refractivity contribution is 0.0696. The van der Waals surface area contributed by atoms with E-state index in [1.54, 1.807) is 40.5 Å². The van der Waals surface area contributed by atoms with Gasteiger partial charge in [0.2, 0.25) is 24.6 Å². The first-order chi connectivity index (χ1) is 37.5. The molecule has 0 saturated heterocycles. The number of pyridine rings is 4. The Morgan fingerprint density at radius 2 is 1.16 bits per heavy atom. The summed E-state index contributed by atoms with van der Waals surface area (Å²) >= 11 is 11.9. The molecule has 2 saturated carbocycles. The molecule has 404 valence electrons. The van der Waals surface area contributed by atoms with Gasteiger partial charge < -0.3 is 42.6 Å². The van der Waals surface area contributed by atoms with Crippen LogP contribution in [-0.2, 0) is 39.0 Å². The fourth-order valence-electron chi connectivity index (χ4n) is 9.10. The largest absolute Gasteiger partial charge is 0.478 e. The lowest BCUT2D eigenvalue weighted by atomic mass is 10.1. The Morgan fingerprint density at radius 3 is 1.63 bits per heavy atom. The van der Waals surface area contributed by atoms with Crippen molar-refractivity contribution in [3.63, 3.8) is 0 Å². The van der Waals surface area contributed by atoms with E-state index in [1.807, 2.05) is 56.2 Å². The van der Waals surface area contributed by atoms with Crippen LogP contribution < -0.4 is 11.1 Å². The summed E-state index contributed by atoms with van der Waals surface area (Å²) in [6.45, 7) is 1.54. The molecule has 12 heterocycles. The van der Waals surface area contributed by atoms with Crippen LogP contribution in [0, 0.1) is 0 Å². The van der Waals surface area contributed by atoms with Crippen LogP contribution in [0.4, 0.5) is 0 Å². The number of carboxylic acid groups (broad SMARTS) is 1. The number of nitrogens with one attached hydrogen (secondary N) is 1. The molecule has 0 bridgehead atoms. The average Bonchev–Trinajstić information content (AvgIpc) is 4.03. The van der Waals surface area contributed by atoms with Gasteiger partial charge in [0.15, 0.2) is 0 Å². The maximum atomic E-state index is 12.8. The van der Waals surface area contributed by atoms with Crippen LogP contribution in [0.15, 0.2) is 133 Å². The van der Waals surface area contributed by atoms with Crippen LogP contribution in [-0.4, -0.2) is 94.5 Å². The second kappa shape index (κ2) is 23.1. The van der Waals surface area contributed by atoms with Crippen molar-refractivity contribution in [3.05, 3.63) is 202 Å². The first kappa shape index (κ1) is 53.6. The van der Waals surface area contributed by atoms with Crippen molar-refractivity contribution in [2.45, 2.75) is 84.0 Å². The van der Waals surface area contributed by atoms with Crippen LogP contribution in [0.3, 0.4) is 0 Å². The second-order valence-electron chi connectivity index (χ2n) is 18.8. The van der Waals surface area contributed by atoms with Crippen LogP contribution in [0.1, 0.15) is 122 Å². The molecule has 79 heavy (non-hydrogen) atoms. The predicted molar refractivity (Wildman–Crippen MR) is 292 cm³/mol. The first-order valence-electron chi connectivity index (χ1n) is 24.5. The summed E-state index contributed by atoms with van der Waals surface area (Å²) in [5, 5.41) is 37.3. The Hall–Kier alpha value is -8.77. The van der Waals surface area contributed by atoms with Gasteiger partial charge in [0, 0.05) is 77.3 Å². The van der Waals surface area contributed by atoms with Gasteiger partial charge in [-0.3, -0.25) is 14.2 Å². The second-order valence-corrected chi connectivity index (χ2v) is 19.7. The summed E-state index contributed by atoms with van der Waals surface area (Å²) in [6.07, 6.45) is 30.0. The van der Waals surface area contributed by atoms with E-state index in [4.69, 9.17) is 52.8 Å². The molecule has 14 rings (SSSR count). The van der Waals surface area contributed by atoms with Crippen LogP contribution in [0.2, 0.25) is 10.0 Å². The van der Waals surface area contributed by atoms with E-state index in [2.05, 4.69) is 74.8 Å². The Bertz CT molecular complexity index is 4070. The normalized spacial score (nSPS) is 12.9. The van der Waals surface area contributed by atoms with Crippen molar-refractivity contribution >= 4 is 69.8 Å². The van der Waals surface area contributed by atoms with E-state index in [0.29, 0.717) is 71.7 Å². The Labute approximate surface area is 465 Å². The van der Waals surface area contributed by atoms with Crippen molar-refractivity contribution in [2.24, 2.45) is 5.73 Å². The quantitative estimate of drug-likeness (QED) is 0.0870. The number of imidazole rings is 4. The molecule has 0 spiro atoms. The standard InChI is InChI=1S/C26H22ClN9O2.C18H16N6O3.C8H8ClN3.CH4.ClH/c27-20-3-4-34-14-29-22(23(34)7-20)9-28-26(37)19-8-31-36(11-19)13-21-12-35-10-18(16-1-2-16)5-17(25(35)32-21)6-24-33-30-15-38-24;25-18(26)14-5-20-24(7-14)9-15-8-23-6-13(11-1-2-11)3-12(17(23)21-15)4-16-22-19-10-27-16;9-6-1-2-12-5-11-7(4-10)8(12)3-6;;/h3-5,7-8,10-12,14-16H,1-2,6,9,13H2,(H,28,37);3,5-8,10-11H,1-2,4,9H2,(H,25,26);1-3,5H,4,10H2;1H4;1H. The van der Waals surface area contributed by atoms with Gasteiger partial charge in [-0.15, -0.1) is 32.8 Å². The highest BCUT2D eigenvalue weighted by Crippen LogP contribution is 2.42. The molecule has 0 aliphatic heterocycles. The lowest BCUT2D eigenvalue weighted by Crippen LogP contribution is -2.22. The topological polar surface area (TPSA) is 275 Å². The monoisotopic (exact) mass is 1120 g/mol. The summed E-state index contributed by atoms with van der Waals surface area (Å²) in [6, 6.07) is 11.7. The van der Waals surface area contributed by atoms with Gasteiger partial charge in [0.25, 0.3) is 5.91 Å². The van der Waals surface area contributed by atoms with E-state index in [0.717, 1.165) is 56.2 Å². The minimum absolute atomic E-state index is 0. The molecule has 26 heteroatoms. The molecule has 12 aromatic heterocycles. The highest BCUT2D eigenvalue weighted by atomic mass is 35.5. The van der Waals surface area contributed by atoms with E-state index >= 15 is 0 Å². The molecule has 23 nitrogen and oxygen atoms in total. The molecule has 0 unspecified atom stereocenters. The molecule has 0 radical (unpaired) electrons. The van der Waals surface area contributed by atoms with Crippen LogP contribution in [0.5, 0.6) is 0 Å². The van der Waals surface area contributed by atoms with Gasteiger partial charge in [-0.2, -0.15) is 10.2 Å². The zero-order chi connectivity index (χ0) is 52.6. The smallest absolute Gasteiger partial charge is 0.338 e. The molecular formula is C53H51Cl3N18O5. The minimum atomic E-state index is -0.993. The highest BCUT2D eigenvalue weighted by molar-refractivity contribution is 6.31. The van der Waals surface area contributed by atoms with Gasteiger partial charge in [-0.25, -0.2) is 24.7 Å². The van der Waals surface area contributed by atoms with E-state index < -0.39 is 5.97 Å². The maximum absolute atomic E-state index is 12.8. The number of carboxylic acids is 1. The van der Waals surface area contributed by atoms with Gasteiger partial charge in [0.1, 0.15) is 11.3 Å². The van der Waals surface area contributed by atoms with E-state index in [-0.39, 0.29) is 37.8 Å². The molecule has 2 fully saturated rings. The van der Waals surface area contributed by atoms with Crippen molar-refractivity contribution < 1.29 is 23.5 Å². The van der Waals surface area contributed by atoms with Gasteiger partial charge in [-0.1, -0.05) is 30.6 Å². The predicted octanol–water partition coefficient (Wildman–Crippen LogP) is 8.29. The van der Waals surface area contributed by atoms with E-state index in [9.17, 15) is 9.59 Å². The van der Waals surface area contributed by atoms with Crippen molar-refractivity contribution in [1.29, 1.82) is 0 Å². The van der Waals surface area contributed by atoms with Crippen molar-refractivity contribution in [2.75, 3.05) is 0 Å². The summed E-state index contributed by atoms with van der Waals surface area (Å²) in [4.78, 5) is 41.9. The third-order valence-electron chi connectivity index (χ3n) is 13.2. The summed E-state index contributed by atoms with van der Waals surface area (Å²) in [7, 11) is 0. The number of halogens is 3. The lowest BCUT2D eigenvalue weighted by Gasteiger charge is -2.05. The van der Waals surface area contributed by atoms with Gasteiger partial charge in [-0.05, 0) is 85.0 Å². The average molecular weight is 1130 g/mol. The Kier molecular flexibility index (Phi) is 15.6. The molecule has 0 aromatic carbocycles. The zero-order valence-corrected chi connectivity index (χ0v) is 43.6. The number of carbonyl (C=O) groups excluding carboxylic acids is 1. The number of aromatic carboxylic acids is 1. The zero-order valence-electron chi connectivity index (χ0n) is 41.2. The molecule has 4 N–H and O–H groups in total. The SMILES string of the molecule is C.Cl.NCc1ncn2ccc(Cl)cc12.O=C(NCc1ncn2ccc(Cl)cc12)c1cnn(Cc2cn3cc(C4CC4)cc(Cc4nnco4)c3n2)c1.O=C(O)c1cnn(Cc2cn3cc(C4CC4)cc(Cc4nnco4)c3n2)c1. The molecule has 2 aliphatic carbocycles. The first-order valence-corrected chi connectivity index (χ1v) is 25.3. The van der Waals surface area contributed by atoms with Crippen LogP contribution >= 0.6 is 35.6 Å². The summed E-state index contributed by atoms with van der Waals surface area (Å²) < 4.78 is 21.8. The van der Waals surface area contributed by atoms with E-state index in [1.165, 1.54) is 62.0 Å². The number of hydrogen-bond acceptors (Lipinski definition) is 15. The number of rotatable bonds is 15. The number of nitrogens with two attached hydrogens (primary N) is 1. The fourth-order valence-corrected chi connectivity index (χ4v) is 9.42. The maximum Gasteiger partial charge on any atom is 0.338 e. The number of hydrogen-bond donors (Lipinski definition) is 3. The highest BCUT2D eigenvalue weighted by Gasteiger charge is 2.27. The number of aromatic nitrogens is 16. The fraction of sp³-hybridized carbons (Fsp3) is 0.245. The summed E-state index contributed by atoms with van der Waals surface area (Å²) in [5.41, 5.74) is 17.5. The van der Waals surface area contributed by atoms with Gasteiger partial charge in [0.05, 0.1) is 102 Å². The molecule has 1 amide bonds. The molecule has 12 aromatic rings. The Balaban J connectivity index is 0.000000149. The molecule has 2 aliphatic rings. The molecule has 0 atom stereocenters. The van der Waals surface area contributed by atoms with Crippen molar-refractivity contribution in [1.82, 2.24) is 82.8 Å². The summed E-state index contributed by atoms with van der Waals surface area (Å²) in [5.74, 6) is 1.07. The van der Waals surface area contributed by atoms with Crippen molar-refractivity contribution in [3.8, 4) is 0 Å². The van der Waals surface area contributed by atoms with Gasteiger partial charge >= 0.3 is 5.97 Å². The number of amides is 1. The molecular weight excluding hydrogens is 1080 g/mol. The number of carbonyl (C=O) groups is 2. The third-order valence-corrected chi connectivity index (χ3v) is 13.7. The Morgan fingerprint density at radius 1 is 0.671 bits per heavy atom.